The Labute approximate surface area is 207 Å². The number of aromatic hydroxyl groups is 1. The van der Waals surface area contributed by atoms with Crippen molar-refractivity contribution in [3.63, 3.8) is 0 Å². The summed E-state index contributed by atoms with van der Waals surface area (Å²) in [5, 5.41) is 51.2. The second-order valence-electron chi connectivity index (χ2n) is 8.74. The predicted octanol–water partition coefficient (Wildman–Crippen LogP) is 0.741. The van der Waals surface area contributed by atoms with Crippen molar-refractivity contribution >= 4 is 5.78 Å². The van der Waals surface area contributed by atoms with Crippen molar-refractivity contribution < 1.29 is 54.0 Å². The van der Waals surface area contributed by atoms with Crippen LogP contribution in [0.1, 0.15) is 39.6 Å². The molecule has 0 spiro atoms. The van der Waals surface area contributed by atoms with Crippen LogP contribution in [0.15, 0.2) is 24.3 Å². The number of ketones is 1. The highest BCUT2D eigenvalue weighted by molar-refractivity contribution is 6.04. The Morgan fingerprint density at radius 1 is 1.06 bits per heavy atom. The van der Waals surface area contributed by atoms with Gasteiger partial charge in [0.25, 0.3) is 0 Å². The van der Waals surface area contributed by atoms with Gasteiger partial charge in [0.15, 0.2) is 5.78 Å². The molecule has 2 aliphatic heterocycles. The molecule has 11 nitrogen and oxygen atoms in total. The molecular weight excluding hydrogens is 476 g/mol. The molecule has 2 aromatic rings. The third-order valence-electron chi connectivity index (χ3n) is 6.47. The highest BCUT2D eigenvalue weighted by atomic mass is 16.7. The van der Waals surface area contributed by atoms with Crippen LogP contribution in [0.4, 0.5) is 0 Å². The number of phenols is 1. The zero-order valence-corrected chi connectivity index (χ0v) is 20.1. The number of benzene rings is 2. The second-order valence-corrected chi connectivity index (χ2v) is 8.74. The highest BCUT2D eigenvalue weighted by Gasteiger charge is 2.45. The number of hydrogen-bond donors (Lipinski definition) is 5. The van der Waals surface area contributed by atoms with Gasteiger partial charge >= 0.3 is 0 Å². The van der Waals surface area contributed by atoms with Crippen molar-refractivity contribution in [2.24, 2.45) is 0 Å². The van der Waals surface area contributed by atoms with Crippen LogP contribution in [0.5, 0.6) is 23.0 Å². The van der Waals surface area contributed by atoms with Crippen molar-refractivity contribution in [1.82, 2.24) is 0 Å². The van der Waals surface area contributed by atoms with E-state index in [1.165, 1.54) is 7.11 Å². The first kappa shape index (κ1) is 26.1. The smallest absolute Gasteiger partial charge is 0.229 e. The molecule has 0 unspecified atom stereocenters. The van der Waals surface area contributed by atoms with Crippen LogP contribution >= 0.6 is 0 Å². The zero-order chi connectivity index (χ0) is 26.1. The van der Waals surface area contributed by atoms with Crippen LogP contribution in [-0.2, 0) is 16.1 Å². The van der Waals surface area contributed by atoms with E-state index in [4.69, 9.17) is 23.7 Å². The molecule has 1 fully saturated rings. The lowest BCUT2D eigenvalue weighted by molar-refractivity contribution is -0.277. The number of methoxy groups -OCH3 is 2. The highest BCUT2D eigenvalue weighted by Crippen LogP contribution is 2.49. The van der Waals surface area contributed by atoms with Crippen LogP contribution in [0.25, 0.3) is 0 Å². The fraction of sp³-hybridized carbons (Fsp3) is 0.480. The lowest BCUT2D eigenvalue weighted by atomic mass is 9.91. The van der Waals surface area contributed by atoms with Gasteiger partial charge in [-0.15, -0.1) is 0 Å². The average molecular weight is 507 g/mol. The molecule has 6 atom stereocenters. The van der Waals surface area contributed by atoms with E-state index in [0.717, 1.165) is 5.56 Å². The number of carbonyl (C=O) groups is 1. The maximum absolute atomic E-state index is 13.1. The average Bonchev–Trinajstić information content (AvgIpc) is 2.88. The summed E-state index contributed by atoms with van der Waals surface area (Å²) in [6.45, 7) is 0.827. The molecule has 4 rings (SSSR count). The minimum absolute atomic E-state index is 0.00827. The summed E-state index contributed by atoms with van der Waals surface area (Å²) in [4.78, 5) is 13.1. The number of phenolic OH excluding ortho intramolecular Hbond substituents is 1. The fourth-order valence-corrected chi connectivity index (χ4v) is 4.47. The molecule has 0 aliphatic carbocycles. The van der Waals surface area contributed by atoms with Crippen LogP contribution in [0, 0.1) is 6.92 Å². The topological polar surface area (TPSA) is 164 Å². The van der Waals surface area contributed by atoms with E-state index in [1.54, 1.807) is 38.3 Å². The van der Waals surface area contributed by atoms with Crippen molar-refractivity contribution in [3.8, 4) is 23.0 Å². The summed E-state index contributed by atoms with van der Waals surface area (Å²) in [7, 11) is 2.94. The first-order chi connectivity index (χ1) is 17.2. The Morgan fingerprint density at radius 3 is 2.36 bits per heavy atom. The van der Waals surface area contributed by atoms with Gasteiger partial charge in [-0.05, 0) is 24.6 Å². The van der Waals surface area contributed by atoms with Crippen LogP contribution < -0.4 is 14.2 Å². The Balaban J connectivity index is 1.74. The van der Waals surface area contributed by atoms with E-state index < -0.39 is 49.2 Å². The van der Waals surface area contributed by atoms with Gasteiger partial charge in [-0.1, -0.05) is 12.1 Å². The summed E-state index contributed by atoms with van der Waals surface area (Å²) in [5.41, 5.74) is 1.17. The van der Waals surface area contributed by atoms with Gasteiger partial charge in [-0.2, -0.15) is 0 Å². The molecule has 0 aromatic heterocycles. The molecule has 0 saturated carbocycles. The molecule has 0 radical (unpaired) electrons. The number of hydrogen-bond acceptors (Lipinski definition) is 11. The molecule has 0 amide bonds. The van der Waals surface area contributed by atoms with E-state index in [9.17, 15) is 30.3 Å². The van der Waals surface area contributed by atoms with Gasteiger partial charge in [0.2, 0.25) is 6.29 Å². The Kier molecular flexibility index (Phi) is 7.69. The van der Waals surface area contributed by atoms with Gasteiger partial charge < -0.3 is 49.2 Å². The van der Waals surface area contributed by atoms with Crippen LogP contribution in [-0.4, -0.2) is 82.8 Å². The molecule has 2 heterocycles. The van der Waals surface area contributed by atoms with Crippen molar-refractivity contribution in [2.75, 3.05) is 20.8 Å². The van der Waals surface area contributed by atoms with Crippen molar-refractivity contribution in [2.45, 2.75) is 56.8 Å². The number of ether oxygens (including phenoxy) is 5. The SMILES string of the molecule is COCc1c(O)c2c(c(C)c1O[C@H]1O[C@@H](CO)[C@H](O)[C@H](O)[C@@H]1O)O[C@@H](c1ccc(OC)cc1)CC2=O. The van der Waals surface area contributed by atoms with E-state index in [-0.39, 0.29) is 41.4 Å². The van der Waals surface area contributed by atoms with Crippen LogP contribution in [0.2, 0.25) is 0 Å². The monoisotopic (exact) mass is 506 g/mol. The molecule has 1 saturated heterocycles. The minimum Gasteiger partial charge on any atom is -0.507 e. The number of Topliss-reactive ketones (excluding diaryl/α,β-unsaturated/α-hetero) is 1. The maximum Gasteiger partial charge on any atom is 0.229 e. The number of rotatable bonds is 7. The zero-order valence-electron chi connectivity index (χ0n) is 20.1. The summed E-state index contributed by atoms with van der Waals surface area (Å²) in [6.07, 6.45) is -8.24. The standard InChI is InChI=1S/C25H30O11/c1-11-23(36-25-22(31)21(30)20(29)17(9-26)35-25)14(10-32-2)19(28)18-15(27)8-16(34-24(11)18)12-4-6-13(33-3)7-5-12/h4-7,16-17,20-22,25-26,28-31H,8-10H2,1-3H3/t16-,17+,20+,21+,22+,25-/m1/s1. The largest absolute Gasteiger partial charge is 0.507 e. The predicted molar refractivity (Wildman–Crippen MR) is 123 cm³/mol. The summed E-state index contributed by atoms with van der Waals surface area (Å²) in [5.74, 6) is 0.0313. The van der Waals surface area contributed by atoms with E-state index in [1.807, 2.05) is 0 Å². The molecule has 11 heteroatoms. The quantitative estimate of drug-likeness (QED) is 0.360. The third kappa shape index (κ3) is 4.61. The number of aliphatic hydroxyl groups excluding tert-OH is 4. The van der Waals surface area contributed by atoms with Gasteiger partial charge in [0, 0.05) is 12.7 Å². The maximum atomic E-state index is 13.1. The van der Waals surface area contributed by atoms with Gasteiger partial charge in [-0.25, -0.2) is 0 Å². The lowest BCUT2D eigenvalue weighted by Crippen LogP contribution is -2.60. The Morgan fingerprint density at radius 2 is 1.75 bits per heavy atom. The fourth-order valence-electron chi connectivity index (χ4n) is 4.47. The van der Waals surface area contributed by atoms with E-state index >= 15 is 0 Å². The molecule has 5 N–H and O–H groups in total. The molecule has 2 aromatic carbocycles. The number of aliphatic hydroxyl groups is 4. The summed E-state index contributed by atoms with van der Waals surface area (Å²) < 4.78 is 27.9. The van der Waals surface area contributed by atoms with Crippen molar-refractivity contribution in [1.29, 1.82) is 0 Å². The normalized spacial score (nSPS) is 27.8. The lowest BCUT2D eigenvalue weighted by Gasteiger charge is -2.40. The molecule has 0 bridgehead atoms. The summed E-state index contributed by atoms with van der Waals surface area (Å²) >= 11 is 0. The second kappa shape index (κ2) is 10.6. The first-order valence-electron chi connectivity index (χ1n) is 11.4. The third-order valence-corrected chi connectivity index (χ3v) is 6.47. The number of fused-ring (bicyclic) bond motifs is 1. The van der Waals surface area contributed by atoms with Crippen LogP contribution in [0.3, 0.4) is 0 Å². The Bertz CT molecular complexity index is 1100. The van der Waals surface area contributed by atoms with Crippen molar-refractivity contribution in [3.05, 3.63) is 46.5 Å². The van der Waals surface area contributed by atoms with E-state index in [2.05, 4.69) is 0 Å². The summed E-state index contributed by atoms with van der Waals surface area (Å²) in [6, 6.07) is 7.06. The minimum atomic E-state index is -1.68. The number of carbonyl (C=O) groups excluding carboxylic acids is 1. The molecule has 36 heavy (non-hydrogen) atoms. The molecular formula is C25H30O11. The Hall–Kier alpha value is -2.93. The molecule has 196 valence electrons. The van der Waals surface area contributed by atoms with E-state index in [0.29, 0.717) is 11.3 Å². The van der Waals surface area contributed by atoms with Gasteiger partial charge in [-0.3, -0.25) is 4.79 Å². The van der Waals surface area contributed by atoms with Gasteiger partial charge in [0.05, 0.1) is 32.3 Å². The first-order valence-corrected chi connectivity index (χ1v) is 11.4. The van der Waals surface area contributed by atoms with Gasteiger partial charge in [0.1, 0.15) is 59.1 Å². The molecule has 2 aliphatic rings.